The van der Waals surface area contributed by atoms with E-state index in [0.29, 0.717) is 0 Å². The van der Waals surface area contributed by atoms with E-state index in [1.54, 1.807) is 0 Å². The summed E-state index contributed by atoms with van der Waals surface area (Å²) in [5.74, 6) is -0.423. The molecule has 0 aliphatic carbocycles. The summed E-state index contributed by atoms with van der Waals surface area (Å²) < 4.78 is 4.69. The predicted octanol–water partition coefficient (Wildman–Crippen LogP) is -1.07. The van der Waals surface area contributed by atoms with Gasteiger partial charge in [-0.15, -0.1) is 0 Å². The molecule has 0 saturated heterocycles. The zero-order valence-electron chi connectivity index (χ0n) is 5.44. The van der Waals surface area contributed by atoms with Gasteiger partial charge in [0.2, 0.25) is 5.96 Å². The molecule has 5 heteroatoms. The Morgan fingerprint density at radius 2 is 2.50 bits per heavy atom. The maximum absolute atomic E-state index is 10.8. The number of ether oxygens (including phenoxy) is 1. The van der Waals surface area contributed by atoms with Gasteiger partial charge in [0.05, 0.1) is 0 Å². The molecule has 1 atom stereocenters. The van der Waals surface area contributed by atoms with Crippen LogP contribution in [0.15, 0.2) is 9.98 Å². The van der Waals surface area contributed by atoms with Crippen LogP contribution in [0.3, 0.4) is 0 Å². The molecule has 0 unspecified atom stereocenters. The monoisotopic (exact) mass is 141 g/mol. The van der Waals surface area contributed by atoms with Crippen molar-refractivity contribution in [3.63, 3.8) is 0 Å². The van der Waals surface area contributed by atoms with Crippen molar-refractivity contribution in [2.24, 2.45) is 15.7 Å². The Balaban J connectivity index is 2.74. The highest BCUT2D eigenvalue weighted by atomic mass is 16.5. The molecule has 0 bridgehead atoms. The van der Waals surface area contributed by atoms with E-state index in [9.17, 15) is 4.79 Å². The minimum atomic E-state index is -0.660. The molecule has 0 radical (unpaired) electrons. The second-order valence-corrected chi connectivity index (χ2v) is 1.74. The number of nitrogens with zero attached hydrogens (tertiary/aromatic N) is 2. The van der Waals surface area contributed by atoms with Crippen LogP contribution in [-0.4, -0.2) is 31.3 Å². The lowest BCUT2D eigenvalue weighted by atomic mass is 10.3. The van der Waals surface area contributed by atoms with Crippen molar-refractivity contribution in [3.8, 4) is 0 Å². The van der Waals surface area contributed by atoms with Crippen LogP contribution in [0.2, 0.25) is 0 Å². The van der Waals surface area contributed by atoms with Gasteiger partial charge in [-0.1, -0.05) is 0 Å². The number of carbonyl (C=O) groups is 1. The van der Waals surface area contributed by atoms with Crippen LogP contribution in [0.5, 0.6) is 0 Å². The van der Waals surface area contributed by atoms with E-state index < -0.39 is 12.0 Å². The Labute approximate surface area is 57.6 Å². The Morgan fingerprint density at radius 3 is 3.00 bits per heavy atom. The summed E-state index contributed by atoms with van der Waals surface area (Å²) >= 11 is 0. The van der Waals surface area contributed by atoms with Crippen molar-refractivity contribution in [2.45, 2.75) is 6.10 Å². The maximum Gasteiger partial charge on any atom is 0.283 e. The first-order chi connectivity index (χ1) is 4.74. The maximum atomic E-state index is 10.8. The summed E-state index contributed by atoms with van der Waals surface area (Å²) in [6.45, 7) is 0. The number of amides is 1. The number of nitrogens with two attached hydrogens (primary N) is 1. The van der Waals surface area contributed by atoms with Gasteiger partial charge < -0.3 is 10.5 Å². The number of hydrogen-bond acceptors (Lipinski definition) is 4. The molecule has 10 heavy (non-hydrogen) atoms. The van der Waals surface area contributed by atoms with Gasteiger partial charge in [-0.05, 0) is 0 Å². The van der Waals surface area contributed by atoms with Crippen LogP contribution in [0.4, 0.5) is 0 Å². The summed E-state index contributed by atoms with van der Waals surface area (Å²) in [4.78, 5) is 17.7. The van der Waals surface area contributed by atoms with Crippen LogP contribution in [-0.2, 0) is 9.53 Å². The van der Waals surface area contributed by atoms with Gasteiger partial charge in [-0.3, -0.25) is 4.79 Å². The molecule has 54 valence electrons. The van der Waals surface area contributed by atoms with Crippen LogP contribution in [0, 0.1) is 0 Å². The fourth-order valence-electron chi connectivity index (χ4n) is 0.575. The molecule has 0 aromatic rings. The van der Waals surface area contributed by atoms with Crippen molar-refractivity contribution in [3.05, 3.63) is 0 Å². The molecule has 0 aromatic carbocycles. The molecule has 0 fully saturated rings. The molecule has 0 saturated carbocycles. The average molecular weight is 141 g/mol. The highest BCUT2D eigenvalue weighted by Crippen LogP contribution is 1.95. The molecule has 1 rings (SSSR count). The summed E-state index contributed by atoms with van der Waals surface area (Å²) in [5.41, 5.74) is 5.12. The van der Waals surface area contributed by atoms with Crippen molar-refractivity contribution < 1.29 is 9.53 Å². The molecular formula is C5H7N3O2. The zero-order valence-corrected chi connectivity index (χ0v) is 5.44. The van der Waals surface area contributed by atoms with Crippen LogP contribution in [0.25, 0.3) is 0 Å². The van der Waals surface area contributed by atoms with E-state index in [1.807, 2.05) is 0 Å². The average Bonchev–Trinajstić information content (AvgIpc) is 1.88. The molecule has 1 amide bonds. The third-order valence-electron chi connectivity index (χ3n) is 1.06. The normalized spacial score (nSPS) is 24.7. The molecule has 0 aromatic heterocycles. The van der Waals surface area contributed by atoms with Crippen LogP contribution in [0.1, 0.15) is 0 Å². The summed E-state index contributed by atoms with van der Waals surface area (Å²) in [6, 6.07) is 0. The largest absolute Gasteiger partial charge is 0.368 e. The van der Waals surface area contributed by atoms with Crippen molar-refractivity contribution >= 4 is 18.1 Å². The van der Waals surface area contributed by atoms with Gasteiger partial charge in [0.25, 0.3) is 5.91 Å². The van der Waals surface area contributed by atoms with Crippen LogP contribution < -0.4 is 5.73 Å². The first-order valence-electron chi connectivity index (χ1n) is 2.69. The minimum absolute atomic E-state index is 0.0155. The van der Waals surface area contributed by atoms with Gasteiger partial charge in [0, 0.05) is 13.3 Å². The lowest BCUT2D eigenvalue weighted by Gasteiger charge is -2.08. The van der Waals surface area contributed by atoms with Crippen molar-refractivity contribution in [1.82, 2.24) is 0 Å². The summed E-state index contributed by atoms with van der Waals surface area (Å²) in [6.07, 6.45) is 0.664. The first-order valence-corrected chi connectivity index (χ1v) is 2.69. The standard InChI is InChI=1S/C5H7N3O2/c1-10-3-2-7-5(6)8-4(3)9/h2-3H,1H3,(H2,6,8,9)/t3-/m0/s1. The summed E-state index contributed by atoms with van der Waals surface area (Å²) in [7, 11) is 1.41. The van der Waals surface area contributed by atoms with Gasteiger partial charge >= 0.3 is 0 Å². The van der Waals surface area contributed by atoms with Crippen LogP contribution >= 0.6 is 0 Å². The highest BCUT2D eigenvalue weighted by Gasteiger charge is 2.17. The second kappa shape index (κ2) is 2.57. The lowest BCUT2D eigenvalue weighted by molar-refractivity contribution is -0.123. The minimum Gasteiger partial charge on any atom is -0.368 e. The number of methoxy groups -OCH3 is 1. The number of aliphatic imine (C=N–C) groups is 2. The molecule has 1 aliphatic heterocycles. The Hall–Kier alpha value is -1.23. The Bertz CT molecular complexity index is 209. The van der Waals surface area contributed by atoms with Crippen molar-refractivity contribution in [1.29, 1.82) is 0 Å². The second-order valence-electron chi connectivity index (χ2n) is 1.74. The van der Waals surface area contributed by atoms with E-state index >= 15 is 0 Å². The third-order valence-corrected chi connectivity index (χ3v) is 1.06. The molecular weight excluding hydrogens is 134 g/mol. The molecule has 1 heterocycles. The van der Waals surface area contributed by atoms with E-state index in [-0.39, 0.29) is 5.96 Å². The quantitative estimate of drug-likeness (QED) is 0.505. The Morgan fingerprint density at radius 1 is 1.80 bits per heavy atom. The SMILES string of the molecule is CO[C@H]1C=NC(N)=NC1=O. The van der Waals surface area contributed by atoms with E-state index in [2.05, 4.69) is 9.98 Å². The third kappa shape index (κ3) is 1.19. The number of hydrogen-bond donors (Lipinski definition) is 1. The van der Waals surface area contributed by atoms with E-state index in [1.165, 1.54) is 13.3 Å². The Kier molecular flexibility index (Phi) is 1.77. The summed E-state index contributed by atoms with van der Waals surface area (Å²) in [5, 5.41) is 0. The molecule has 5 nitrogen and oxygen atoms in total. The van der Waals surface area contributed by atoms with Gasteiger partial charge in [0.1, 0.15) is 0 Å². The van der Waals surface area contributed by atoms with Gasteiger partial charge in [-0.2, -0.15) is 4.99 Å². The van der Waals surface area contributed by atoms with E-state index in [0.717, 1.165) is 0 Å². The predicted molar refractivity (Wildman–Crippen MR) is 35.9 cm³/mol. The zero-order chi connectivity index (χ0) is 7.56. The first kappa shape index (κ1) is 6.88. The number of carbonyl (C=O) groups excluding carboxylic acids is 1. The smallest absolute Gasteiger partial charge is 0.283 e. The van der Waals surface area contributed by atoms with Crippen molar-refractivity contribution in [2.75, 3.05) is 7.11 Å². The highest BCUT2D eigenvalue weighted by molar-refractivity contribution is 6.09. The topological polar surface area (TPSA) is 77.0 Å². The fourth-order valence-corrected chi connectivity index (χ4v) is 0.575. The fraction of sp³-hybridized carbons (Fsp3) is 0.400. The van der Waals surface area contributed by atoms with Gasteiger partial charge in [-0.25, -0.2) is 4.99 Å². The van der Waals surface area contributed by atoms with E-state index in [4.69, 9.17) is 10.5 Å². The molecule has 0 spiro atoms. The molecule has 2 N–H and O–H groups in total. The lowest BCUT2D eigenvalue weighted by Crippen LogP contribution is -2.30. The van der Waals surface area contributed by atoms with Gasteiger partial charge in [0.15, 0.2) is 6.10 Å². The number of guanidine groups is 1. The number of rotatable bonds is 1. The molecule has 1 aliphatic rings.